The zero-order valence-electron chi connectivity index (χ0n) is 10.6. The lowest BCUT2D eigenvalue weighted by atomic mass is 10.3. The summed E-state index contributed by atoms with van der Waals surface area (Å²) < 4.78 is 2.01. The Bertz CT molecular complexity index is 308. The predicted octanol–water partition coefficient (Wildman–Crippen LogP) is 0.777. The minimum atomic E-state index is 0.115. The molecule has 0 fully saturated rings. The Morgan fingerprint density at radius 2 is 2.24 bits per heavy atom. The van der Waals surface area contributed by atoms with Crippen LogP contribution in [0.1, 0.15) is 26.7 Å². The van der Waals surface area contributed by atoms with E-state index in [2.05, 4.69) is 29.5 Å². The molecule has 0 aliphatic heterocycles. The number of nitrogens with one attached hydrogen (secondary N) is 2. The van der Waals surface area contributed by atoms with E-state index in [-0.39, 0.29) is 5.91 Å². The van der Waals surface area contributed by atoms with E-state index in [1.807, 2.05) is 10.8 Å². The largest absolute Gasteiger partial charge is 0.356 e. The van der Waals surface area contributed by atoms with Crippen LogP contribution < -0.4 is 10.6 Å². The second-order valence-electron chi connectivity index (χ2n) is 4.36. The van der Waals surface area contributed by atoms with Crippen LogP contribution in [0.25, 0.3) is 0 Å². The Morgan fingerprint density at radius 1 is 1.41 bits per heavy atom. The van der Waals surface area contributed by atoms with Crippen LogP contribution in [-0.2, 0) is 11.3 Å². The van der Waals surface area contributed by atoms with Crippen LogP contribution >= 0.6 is 0 Å². The lowest BCUT2D eigenvalue weighted by molar-refractivity contribution is -0.121. The number of aromatic nitrogens is 2. The average Bonchev–Trinajstić information content (AvgIpc) is 2.76. The zero-order valence-corrected chi connectivity index (χ0v) is 10.6. The number of hydrogen-bond acceptors (Lipinski definition) is 3. The van der Waals surface area contributed by atoms with Gasteiger partial charge in [0, 0.05) is 44.5 Å². The van der Waals surface area contributed by atoms with Crippen LogP contribution in [0.3, 0.4) is 0 Å². The fourth-order valence-corrected chi connectivity index (χ4v) is 1.47. The Hall–Kier alpha value is -1.36. The highest BCUT2D eigenvalue weighted by Gasteiger charge is 2.00. The van der Waals surface area contributed by atoms with E-state index in [1.165, 1.54) is 0 Å². The van der Waals surface area contributed by atoms with Crippen molar-refractivity contribution in [3.63, 3.8) is 0 Å². The number of nitrogens with zero attached hydrogens (tertiary/aromatic N) is 2. The first-order chi connectivity index (χ1) is 8.18. The molecule has 1 rings (SSSR count). The molecule has 0 radical (unpaired) electrons. The number of amides is 1. The molecule has 0 unspecified atom stereocenters. The normalized spacial score (nSPS) is 10.8. The van der Waals surface area contributed by atoms with Crippen LogP contribution in [0.5, 0.6) is 0 Å². The summed E-state index contributed by atoms with van der Waals surface area (Å²) in [5.41, 5.74) is 0. The molecule has 1 heterocycles. The zero-order chi connectivity index (χ0) is 12.5. The molecule has 1 aromatic rings. The highest BCUT2D eigenvalue weighted by Crippen LogP contribution is 1.89. The van der Waals surface area contributed by atoms with E-state index >= 15 is 0 Å². The Morgan fingerprint density at radius 3 is 2.88 bits per heavy atom. The molecule has 1 aromatic heterocycles. The summed E-state index contributed by atoms with van der Waals surface area (Å²) in [5, 5.41) is 6.12. The fraction of sp³-hybridized carbons (Fsp3) is 0.667. The lowest BCUT2D eigenvalue weighted by Crippen LogP contribution is -2.31. The maximum atomic E-state index is 11.4. The van der Waals surface area contributed by atoms with Gasteiger partial charge in [-0.1, -0.05) is 13.8 Å². The van der Waals surface area contributed by atoms with Crippen LogP contribution in [0.2, 0.25) is 0 Å². The topological polar surface area (TPSA) is 59.0 Å². The second kappa shape index (κ2) is 7.84. The molecule has 5 heteroatoms. The van der Waals surface area contributed by atoms with E-state index in [4.69, 9.17) is 0 Å². The predicted molar refractivity (Wildman–Crippen MR) is 67.6 cm³/mol. The Labute approximate surface area is 103 Å². The van der Waals surface area contributed by atoms with Crippen molar-refractivity contribution in [2.24, 2.45) is 0 Å². The van der Waals surface area contributed by atoms with E-state index in [0.29, 0.717) is 12.5 Å². The van der Waals surface area contributed by atoms with E-state index in [1.54, 1.807) is 12.5 Å². The van der Waals surface area contributed by atoms with Gasteiger partial charge in [0.1, 0.15) is 0 Å². The van der Waals surface area contributed by atoms with Gasteiger partial charge in [-0.3, -0.25) is 4.79 Å². The van der Waals surface area contributed by atoms with E-state index < -0.39 is 0 Å². The van der Waals surface area contributed by atoms with Crippen LogP contribution in [-0.4, -0.2) is 34.6 Å². The molecule has 0 saturated carbocycles. The minimum Gasteiger partial charge on any atom is -0.356 e. The molecule has 96 valence electrons. The molecule has 2 N–H and O–H groups in total. The summed E-state index contributed by atoms with van der Waals surface area (Å²) >= 11 is 0. The van der Waals surface area contributed by atoms with Gasteiger partial charge < -0.3 is 15.2 Å². The molecule has 0 aliphatic rings. The highest BCUT2D eigenvalue weighted by molar-refractivity contribution is 5.75. The van der Waals surface area contributed by atoms with Crippen molar-refractivity contribution in [1.29, 1.82) is 0 Å². The SMILES string of the molecule is CC(C)NCCC(=O)NCCCn1ccnc1. The summed E-state index contributed by atoms with van der Waals surface area (Å²) in [4.78, 5) is 15.4. The Balaban J connectivity index is 1.97. The lowest BCUT2D eigenvalue weighted by Gasteiger charge is -2.08. The summed E-state index contributed by atoms with van der Waals surface area (Å²) in [6.07, 6.45) is 6.95. The number of carbonyl (C=O) groups is 1. The van der Waals surface area contributed by atoms with E-state index in [9.17, 15) is 4.79 Å². The summed E-state index contributed by atoms with van der Waals surface area (Å²) in [5.74, 6) is 0.115. The third kappa shape index (κ3) is 6.73. The molecule has 1 amide bonds. The molecule has 0 bridgehead atoms. The molecule has 0 aromatic carbocycles. The third-order valence-electron chi connectivity index (χ3n) is 2.38. The number of aryl methyl sites for hydroxylation is 1. The number of carbonyl (C=O) groups excluding carboxylic acids is 1. The van der Waals surface area contributed by atoms with Crippen molar-refractivity contribution < 1.29 is 4.79 Å². The summed E-state index contributed by atoms with van der Waals surface area (Å²) in [6.45, 7) is 6.50. The highest BCUT2D eigenvalue weighted by atomic mass is 16.1. The maximum Gasteiger partial charge on any atom is 0.221 e. The van der Waals surface area contributed by atoms with Gasteiger partial charge in [-0.25, -0.2) is 4.98 Å². The standard InChI is InChI=1S/C12H22N4O/c1-11(2)14-6-4-12(17)15-5-3-8-16-9-7-13-10-16/h7,9-11,14H,3-6,8H2,1-2H3,(H,15,17). The van der Waals surface area contributed by atoms with Crippen molar-refractivity contribution in [2.45, 2.75) is 39.3 Å². The van der Waals surface area contributed by atoms with Gasteiger partial charge in [0.25, 0.3) is 0 Å². The van der Waals surface area contributed by atoms with Gasteiger partial charge in [-0.2, -0.15) is 0 Å². The van der Waals surface area contributed by atoms with Crippen molar-refractivity contribution in [1.82, 2.24) is 20.2 Å². The van der Waals surface area contributed by atoms with Gasteiger partial charge in [0.2, 0.25) is 5.91 Å². The fourth-order valence-electron chi connectivity index (χ4n) is 1.47. The molecule has 0 atom stereocenters. The molecule has 0 spiro atoms. The van der Waals surface area contributed by atoms with Gasteiger partial charge in [-0.15, -0.1) is 0 Å². The van der Waals surface area contributed by atoms with Gasteiger partial charge in [0.15, 0.2) is 0 Å². The first-order valence-corrected chi connectivity index (χ1v) is 6.14. The van der Waals surface area contributed by atoms with Crippen molar-refractivity contribution in [2.75, 3.05) is 13.1 Å². The molecule has 0 saturated heterocycles. The van der Waals surface area contributed by atoms with Crippen molar-refractivity contribution >= 4 is 5.91 Å². The van der Waals surface area contributed by atoms with E-state index in [0.717, 1.165) is 26.1 Å². The van der Waals surface area contributed by atoms with Crippen molar-refractivity contribution in [3.05, 3.63) is 18.7 Å². The second-order valence-corrected chi connectivity index (χ2v) is 4.36. The Kier molecular flexibility index (Phi) is 6.32. The third-order valence-corrected chi connectivity index (χ3v) is 2.38. The summed E-state index contributed by atoms with van der Waals surface area (Å²) in [7, 11) is 0. The first kappa shape index (κ1) is 13.7. The van der Waals surface area contributed by atoms with Gasteiger partial charge in [-0.05, 0) is 6.42 Å². The van der Waals surface area contributed by atoms with Crippen LogP contribution in [0.4, 0.5) is 0 Å². The quantitative estimate of drug-likeness (QED) is 0.658. The number of hydrogen-bond donors (Lipinski definition) is 2. The van der Waals surface area contributed by atoms with Gasteiger partial charge >= 0.3 is 0 Å². The van der Waals surface area contributed by atoms with Gasteiger partial charge in [0.05, 0.1) is 6.33 Å². The number of imidazole rings is 1. The number of rotatable bonds is 8. The maximum absolute atomic E-state index is 11.4. The van der Waals surface area contributed by atoms with Crippen LogP contribution in [0.15, 0.2) is 18.7 Å². The molecular weight excluding hydrogens is 216 g/mol. The van der Waals surface area contributed by atoms with Crippen LogP contribution in [0, 0.1) is 0 Å². The molecule has 17 heavy (non-hydrogen) atoms. The first-order valence-electron chi connectivity index (χ1n) is 6.14. The molecular formula is C12H22N4O. The molecule has 5 nitrogen and oxygen atoms in total. The monoisotopic (exact) mass is 238 g/mol. The minimum absolute atomic E-state index is 0.115. The van der Waals surface area contributed by atoms with Crippen molar-refractivity contribution in [3.8, 4) is 0 Å². The smallest absolute Gasteiger partial charge is 0.221 e. The average molecular weight is 238 g/mol. The summed E-state index contributed by atoms with van der Waals surface area (Å²) in [6, 6.07) is 0.434. The molecule has 0 aliphatic carbocycles.